The van der Waals surface area contributed by atoms with E-state index in [9.17, 15) is 5.11 Å². The van der Waals surface area contributed by atoms with Crippen molar-refractivity contribution in [3.63, 3.8) is 0 Å². The molecule has 1 aromatic rings. The van der Waals surface area contributed by atoms with Crippen LogP contribution in [0.1, 0.15) is 25.3 Å². The van der Waals surface area contributed by atoms with E-state index in [1.807, 2.05) is 12.1 Å². The van der Waals surface area contributed by atoms with E-state index in [1.165, 1.54) is 0 Å². The minimum atomic E-state index is 0.334. The molecule has 1 aromatic carbocycles. The third-order valence-corrected chi connectivity index (χ3v) is 3.42. The molecule has 0 spiro atoms. The van der Waals surface area contributed by atoms with Gasteiger partial charge in [0.1, 0.15) is 5.75 Å². The highest BCUT2D eigenvalue weighted by molar-refractivity contribution is 9.09. The Hall–Kier alpha value is -0.540. The number of nitrogens with one attached hydrogen (secondary N) is 1. The number of phenols is 1. The van der Waals surface area contributed by atoms with Crippen molar-refractivity contribution in [1.29, 1.82) is 0 Å². The van der Waals surface area contributed by atoms with E-state index < -0.39 is 0 Å². The van der Waals surface area contributed by atoms with Crippen LogP contribution < -0.4 is 5.32 Å². The average Bonchev–Trinajstić information content (AvgIpc) is 2.24. The molecule has 3 heteroatoms. The summed E-state index contributed by atoms with van der Waals surface area (Å²) < 4.78 is 0. The minimum Gasteiger partial charge on any atom is -0.508 e. The Morgan fingerprint density at radius 1 is 1.47 bits per heavy atom. The highest BCUT2D eigenvalue weighted by Crippen LogP contribution is 2.11. The number of benzene rings is 1. The molecule has 2 N–H and O–H groups in total. The van der Waals surface area contributed by atoms with E-state index in [0.717, 1.165) is 31.5 Å². The molecule has 0 aliphatic carbocycles. The Bertz CT molecular complexity index is 291. The van der Waals surface area contributed by atoms with Gasteiger partial charge in [-0.15, -0.1) is 0 Å². The zero-order chi connectivity index (χ0) is 11.1. The lowest BCUT2D eigenvalue weighted by Crippen LogP contribution is -2.17. The highest BCUT2D eigenvalue weighted by atomic mass is 79.9. The molecule has 0 heterocycles. The van der Waals surface area contributed by atoms with Crippen LogP contribution in [0.5, 0.6) is 5.75 Å². The van der Waals surface area contributed by atoms with Gasteiger partial charge in [-0.05, 0) is 37.1 Å². The summed E-state index contributed by atoms with van der Waals surface area (Å²) in [5.41, 5.74) is 1.12. The van der Waals surface area contributed by atoms with Crippen molar-refractivity contribution in [2.45, 2.75) is 31.1 Å². The van der Waals surface area contributed by atoms with Crippen LogP contribution in [0.15, 0.2) is 24.3 Å². The molecule has 0 aliphatic heterocycles. The third kappa shape index (κ3) is 5.19. The van der Waals surface area contributed by atoms with Gasteiger partial charge in [0.2, 0.25) is 0 Å². The predicted molar refractivity (Wildman–Crippen MR) is 67.4 cm³/mol. The van der Waals surface area contributed by atoms with Gasteiger partial charge in [-0.25, -0.2) is 0 Å². The zero-order valence-electron chi connectivity index (χ0n) is 9.04. The average molecular weight is 272 g/mol. The predicted octanol–water partition coefficient (Wildman–Crippen LogP) is 3.05. The van der Waals surface area contributed by atoms with Crippen LogP contribution in [0.3, 0.4) is 0 Å². The summed E-state index contributed by atoms with van der Waals surface area (Å²) >= 11 is 3.59. The number of phenolic OH excluding ortho intramolecular Hbond substituents is 1. The molecule has 0 amide bonds. The van der Waals surface area contributed by atoms with Crippen molar-refractivity contribution >= 4 is 15.9 Å². The second-order valence-electron chi connectivity index (χ2n) is 3.64. The monoisotopic (exact) mass is 271 g/mol. The van der Waals surface area contributed by atoms with Crippen LogP contribution in [0.25, 0.3) is 0 Å². The Kier molecular flexibility index (Phi) is 5.73. The lowest BCUT2D eigenvalue weighted by molar-refractivity contribution is 0.474. The molecule has 15 heavy (non-hydrogen) atoms. The van der Waals surface area contributed by atoms with Crippen LogP contribution in [0.4, 0.5) is 0 Å². The van der Waals surface area contributed by atoms with Crippen LogP contribution in [0, 0.1) is 0 Å². The van der Waals surface area contributed by atoms with E-state index in [2.05, 4.69) is 28.2 Å². The molecule has 1 rings (SSSR count). The van der Waals surface area contributed by atoms with Gasteiger partial charge in [0.05, 0.1) is 0 Å². The van der Waals surface area contributed by atoms with Crippen molar-refractivity contribution in [3.8, 4) is 5.75 Å². The quantitative estimate of drug-likeness (QED) is 0.616. The molecule has 84 valence electrons. The van der Waals surface area contributed by atoms with E-state index in [-0.39, 0.29) is 0 Å². The van der Waals surface area contributed by atoms with E-state index >= 15 is 0 Å². The minimum absolute atomic E-state index is 0.334. The van der Waals surface area contributed by atoms with Crippen molar-refractivity contribution in [2.75, 3.05) is 6.54 Å². The van der Waals surface area contributed by atoms with Crippen molar-refractivity contribution in [1.82, 2.24) is 5.32 Å². The van der Waals surface area contributed by atoms with E-state index in [0.29, 0.717) is 10.6 Å². The first-order valence-corrected chi connectivity index (χ1v) is 6.26. The maximum absolute atomic E-state index is 9.26. The largest absolute Gasteiger partial charge is 0.508 e. The molecule has 0 saturated heterocycles. The summed E-state index contributed by atoms with van der Waals surface area (Å²) in [7, 11) is 0. The van der Waals surface area contributed by atoms with E-state index in [1.54, 1.807) is 12.1 Å². The van der Waals surface area contributed by atoms with Gasteiger partial charge < -0.3 is 10.4 Å². The van der Waals surface area contributed by atoms with Crippen LogP contribution in [-0.4, -0.2) is 16.5 Å². The van der Waals surface area contributed by atoms with Crippen molar-refractivity contribution < 1.29 is 5.11 Å². The molecule has 0 fully saturated rings. The lowest BCUT2D eigenvalue weighted by atomic mass is 10.2. The van der Waals surface area contributed by atoms with Gasteiger partial charge in [-0.3, -0.25) is 0 Å². The Balaban J connectivity index is 2.20. The van der Waals surface area contributed by atoms with Gasteiger partial charge in [0, 0.05) is 11.4 Å². The molecule has 0 bridgehead atoms. The zero-order valence-corrected chi connectivity index (χ0v) is 10.6. The molecule has 1 unspecified atom stereocenters. The topological polar surface area (TPSA) is 32.3 Å². The molecule has 0 aliphatic rings. The second kappa shape index (κ2) is 6.85. The lowest BCUT2D eigenvalue weighted by Gasteiger charge is -2.08. The number of halogens is 1. The normalized spacial score (nSPS) is 12.7. The van der Waals surface area contributed by atoms with Crippen LogP contribution in [0.2, 0.25) is 0 Å². The van der Waals surface area contributed by atoms with E-state index in [4.69, 9.17) is 0 Å². The van der Waals surface area contributed by atoms with Crippen molar-refractivity contribution in [2.24, 2.45) is 0 Å². The Labute approximate surface area is 99.8 Å². The fourth-order valence-corrected chi connectivity index (χ4v) is 1.59. The Morgan fingerprint density at radius 2 is 2.27 bits per heavy atom. The molecule has 1 atom stereocenters. The second-order valence-corrected chi connectivity index (χ2v) is 4.94. The fraction of sp³-hybridized carbons (Fsp3) is 0.500. The number of hydrogen-bond acceptors (Lipinski definition) is 2. The molecule has 0 aromatic heterocycles. The smallest absolute Gasteiger partial charge is 0.115 e. The maximum Gasteiger partial charge on any atom is 0.115 e. The first-order chi connectivity index (χ1) is 7.22. The van der Waals surface area contributed by atoms with Crippen molar-refractivity contribution in [3.05, 3.63) is 29.8 Å². The first-order valence-electron chi connectivity index (χ1n) is 5.35. The van der Waals surface area contributed by atoms with Gasteiger partial charge in [-0.1, -0.05) is 35.0 Å². The molecule has 0 saturated carbocycles. The first kappa shape index (κ1) is 12.5. The number of hydrogen-bond donors (Lipinski definition) is 2. The molecular weight excluding hydrogens is 254 g/mol. The summed E-state index contributed by atoms with van der Waals surface area (Å²) in [6.07, 6.45) is 2.29. The van der Waals surface area contributed by atoms with Crippen LogP contribution in [-0.2, 0) is 6.54 Å². The summed E-state index contributed by atoms with van der Waals surface area (Å²) in [4.78, 5) is 0.606. The summed E-state index contributed by atoms with van der Waals surface area (Å²) in [6.45, 7) is 3.99. The summed E-state index contributed by atoms with van der Waals surface area (Å²) in [5, 5.41) is 12.6. The van der Waals surface area contributed by atoms with Gasteiger partial charge in [0.15, 0.2) is 0 Å². The maximum atomic E-state index is 9.26. The number of alkyl halides is 1. The third-order valence-electron chi connectivity index (χ3n) is 2.32. The molecular formula is C12H18BrNO. The SMILES string of the molecule is CCC(Br)CCNCc1cccc(O)c1. The fourth-order valence-electron chi connectivity index (χ4n) is 1.36. The number of rotatable bonds is 6. The summed E-state index contributed by atoms with van der Waals surface area (Å²) in [5.74, 6) is 0.334. The number of aromatic hydroxyl groups is 1. The van der Waals surface area contributed by atoms with Crippen LogP contribution >= 0.6 is 15.9 Å². The Morgan fingerprint density at radius 3 is 2.93 bits per heavy atom. The molecule has 0 radical (unpaired) electrons. The van der Waals surface area contributed by atoms with Gasteiger partial charge >= 0.3 is 0 Å². The van der Waals surface area contributed by atoms with Gasteiger partial charge in [-0.2, -0.15) is 0 Å². The highest BCUT2D eigenvalue weighted by Gasteiger charge is 1.99. The summed E-state index contributed by atoms with van der Waals surface area (Å²) in [6, 6.07) is 7.36. The standard InChI is InChI=1S/C12H18BrNO/c1-2-11(13)6-7-14-9-10-4-3-5-12(15)8-10/h3-5,8,11,14-15H,2,6-7,9H2,1H3. The molecule has 2 nitrogen and oxygen atoms in total. The van der Waals surface area contributed by atoms with Gasteiger partial charge in [0.25, 0.3) is 0 Å².